The molecule has 1 unspecified atom stereocenters. The average Bonchev–Trinajstić information content (AvgIpc) is 2.85. The number of ether oxygens (including phenoxy) is 1. The molecule has 2 rings (SSSR count). The highest BCUT2D eigenvalue weighted by Crippen LogP contribution is 2.13. The molecule has 0 aliphatic carbocycles. The first kappa shape index (κ1) is 22.2. The molecule has 2 heterocycles. The van der Waals surface area contributed by atoms with Crippen molar-refractivity contribution in [3.05, 3.63) is 23.2 Å². The van der Waals surface area contributed by atoms with Crippen LogP contribution in [0.25, 0.3) is 0 Å². The molecule has 25 heavy (non-hydrogen) atoms. The average molecular weight is 464 g/mol. The van der Waals surface area contributed by atoms with Crippen LogP contribution in [0.4, 0.5) is 0 Å². The van der Waals surface area contributed by atoms with Crippen LogP contribution >= 0.6 is 24.0 Å². The van der Waals surface area contributed by atoms with E-state index in [1.807, 2.05) is 13.8 Å². The standard InChI is InChI=1S/C18H32N4O2.HI/c1-13(2)11-22-6-7-23-17(12-22)10-21-18(19-5)20-9-16-8-14(3)24-15(16)4;/h8,13,17H,6-7,9-12H2,1-5H3,(H2,19,20,21);1H. The summed E-state index contributed by atoms with van der Waals surface area (Å²) in [6.07, 6.45) is 0.203. The van der Waals surface area contributed by atoms with Crippen LogP contribution in [0, 0.1) is 19.8 Å². The number of aryl methyl sites for hydroxylation is 2. The minimum absolute atomic E-state index is 0. The molecule has 6 nitrogen and oxygen atoms in total. The molecule has 0 aromatic carbocycles. The number of furan rings is 1. The number of guanidine groups is 1. The lowest BCUT2D eigenvalue weighted by atomic mass is 10.2. The molecule has 2 N–H and O–H groups in total. The number of hydrogen-bond acceptors (Lipinski definition) is 4. The molecule has 0 amide bonds. The van der Waals surface area contributed by atoms with Crippen molar-refractivity contribution >= 4 is 29.9 Å². The van der Waals surface area contributed by atoms with E-state index in [2.05, 4.69) is 40.4 Å². The molecule has 7 heteroatoms. The highest BCUT2D eigenvalue weighted by Gasteiger charge is 2.21. The van der Waals surface area contributed by atoms with Crippen LogP contribution in [0.15, 0.2) is 15.5 Å². The van der Waals surface area contributed by atoms with E-state index in [0.29, 0.717) is 12.5 Å². The van der Waals surface area contributed by atoms with Gasteiger partial charge in [0.05, 0.1) is 12.7 Å². The number of nitrogens with one attached hydrogen (secondary N) is 2. The molecular formula is C18H33IN4O2. The number of hydrogen-bond donors (Lipinski definition) is 2. The van der Waals surface area contributed by atoms with E-state index >= 15 is 0 Å². The maximum absolute atomic E-state index is 5.87. The van der Waals surface area contributed by atoms with E-state index in [4.69, 9.17) is 9.15 Å². The van der Waals surface area contributed by atoms with E-state index in [1.165, 1.54) is 0 Å². The third-order valence-electron chi connectivity index (χ3n) is 4.16. The third kappa shape index (κ3) is 7.53. The minimum Gasteiger partial charge on any atom is -0.466 e. The Kier molecular flexibility index (Phi) is 9.81. The summed E-state index contributed by atoms with van der Waals surface area (Å²) in [5, 5.41) is 6.70. The molecule has 144 valence electrons. The van der Waals surface area contributed by atoms with Crippen molar-refractivity contribution in [2.45, 2.75) is 40.3 Å². The van der Waals surface area contributed by atoms with E-state index in [0.717, 1.165) is 55.8 Å². The monoisotopic (exact) mass is 464 g/mol. The van der Waals surface area contributed by atoms with Crippen molar-refractivity contribution < 1.29 is 9.15 Å². The molecule has 0 radical (unpaired) electrons. The quantitative estimate of drug-likeness (QED) is 0.385. The largest absolute Gasteiger partial charge is 0.466 e. The van der Waals surface area contributed by atoms with Gasteiger partial charge in [-0.3, -0.25) is 9.89 Å². The number of morpholine rings is 1. The van der Waals surface area contributed by atoms with Crippen molar-refractivity contribution in [2.75, 3.05) is 39.8 Å². The fourth-order valence-electron chi connectivity index (χ4n) is 3.06. The number of halogens is 1. The van der Waals surface area contributed by atoms with Gasteiger partial charge >= 0.3 is 0 Å². The van der Waals surface area contributed by atoms with Gasteiger partial charge in [-0.25, -0.2) is 0 Å². The first-order chi connectivity index (χ1) is 11.5. The Labute approximate surface area is 168 Å². The summed E-state index contributed by atoms with van der Waals surface area (Å²) in [6, 6.07) is 2.06. The molecule has 1 fully saturated rings. The van der Waals surface area contributed by atoms with Gasteiger partial charge in [-0.05, 0) is 25.8 Å². The zero-order valence-corrected chi connectivity index (χ0v) is 18.4. The lowest BCUT2D eigenvalue weighted by Crippen LogP contribution is -2.50. The zero-order valence-electron chi connectivity index (χ0n) is 16.1. The molecule has 0 bridgehead atoms. The fraction of sp³-hybridized carbons (Fsp3) is 0.722. The Balaban J connectivity index is 0.00000312. The van der Waals surface area contributed by atoms with Crippen LogP contribution in [0.5, 0.6) is 0 Å². The van der Waals surface area contributed by atoms with Crippen molar-refractivity contribution in [2.24, 2.45) is 10.9 Å². The maximum Gasteiger partial charge on any atom is 0.191 e. The van der Waals surface area contributed by atoms with Crippen molar-refractivity contribution in [3.8, 4) is 0 Å². The molecule has 1 aromatic rings. The van der Waals surface area contributed by atoms with Gasteiger partial charge in [0, 0.05) is 45.3 Å². The molecule has 1 saturated heterocycles. The SMILES string of the molecule is CN=C(NCc1cc(C)oc1C)NCC1CN(CC(C)C)CCO1.I. The fourth-order valence-corrected chi connectivity index (χ4v) is 3.06. The summed E-state index contributed by atoms with van der Waals surface area (Å²) < 4.78 is 11.4. The molecule has 0 spiro atoms. The first-order valence-electron chi connectivity index (χ1n) is 8.82. The lowest BCUT2D eigenvalue weighted by molar-refractivity contribution is -0.0284. The Morgan fingerprint density at radius 2 is 2.12 bits per heavy atom. The number of rotatable bonds is 6. The van der Waals surface area contributed by atoms with Crippen LogP contribution in [0.3, 0.4) is 0 Å². The molecule has 1 aliphatic rings. The lowest BCUT2D eigenvalue weighted by Gasteiger charge is -2.34. The minimum atomic E-state index is 0. The summed E-state index contributed by atoms with van der Waals surface area (Å²) in [4.78, 5) is 6.77. The highest BCUT2D eigenvalue weighted by molar-refractivity contribution is 14.0. The van der Waals surface area contributed by atoms with Crippen LogP contribution < -0.4 is 10.6 Å². The Morgan fingerprint density at radius 1 is 1.36 bits per heavy atom. The van der Waals surface area contributed by atoms with Gasteiger partial charge in [-0.2, -0.15) is 0 Å². The van der Waals surface area contributed by atoms with Gasteiger partial charge < -0.3 is 19.8 Å². The summed E-state index contributed by atoms with van der Waals surface area (Å²) in [5.74, 6) is 3.37. The molecular weight excluding hydrogens is 431 g/mol. The van der Waals surface area contributed by atoms with Gasteiger partial charge in [0.1, 0.15) is 11.5 Å². The van der Waals surface area contributed by atoms with Crippen molar-refractivity contribution in [1.82, 2.24) is 15.5 Å². The molecule has 1 aliphatic heterocycles. The summed E-state index contributed by atoms with van der Waals surface area (Å²) in [5.41, 5.74) is 1.16. The van der Waals surface area contributed by atoms with Crippen molar-refractivity contribution in [1.29, 1.82) is 0 Å². The third-order valence-corrected chi connectivity index (χ3v) is 4.16. The topological polar surface area (TPSA) is 62.0 Å². The second-order valence-electron chi connectivity index (χ2n) is 6.89. The summed E-state index contributed by atoms with van der Waals surface area (Å²) in [6.45, 7) is 13.9. The van der Waals surface area contributed by atoms with Crippen LogP contribution in [-0.2, 0) is 11.3 Å². The summed E-state index contributed by atoms with van der Waals surface area (Å²) >= 11 is 0. The van der Waals surface area contributed by atoms with E-state index in [9.17, 15) is 0 Å². The summed E-state index contributed by atoms with van der Waals surface area (Å²) in [7, 11) is 1.79. The van der Waals surface area contributed by atoms with E-state index in [1.54, 1.807) is 7.05 Å². The van der Waals surface area contributed by atoms with E-state index < -0.39 is 0 Å². The molecule has 1 aromatic heterocycles. The normalized spacial score (nSPS) is 19.0. The van der Waals surface area contributed by atoms with Crippen LogP contribution in [-0.4, -0.2) is 56.8 Å². The second kappa shape index (κ2) is 11.0. The molecule has 0 saturated carbocycles. The van der Waals surface area contributed by atoms with Gasteiger partial charge in [0.15, 0.2) is 5.96 Å². The maximum atomic E-state index is 5.87. The Hall–Kier alpha value is -0.800. The Bertz CT molecular complexity index is 545. The first-order valence-corrected chi connectivity index (χ1v) is 8.82. The van der Waals surface area contributed by atoms with Gasteiger partial charge in [0.25, 0.3) is 0 Å². The predicted octanol–water partition coefficient (Wildman–Crippen LogP) is 2.54. The van der Waals surface area contributed by atoms with Crippen LogP contribution in [0.2, 0.25) is 0 Å². The number of aliphatic imine (C=N–C) groups is 1. The second-order valence-corrected chi connectivity index (χ2v) is 6.89. The number of nitrogens with zero attached hydrogens (tertiary/aromatic N) is 2. The van der Waals surface area contributed by atoms with Gasteiger partial charge in [0.2, 0.25) is 0 Å². The van der Waals surface area contributed by atoms with E-state index in [-0.39, 0.29) is 30.1 Å². The zero-order chi connectivity index (χ0) is 17.5. The Morgan fingerprint density at radius 3 is 2.72 bits per heavy atom. The molecule has 1 atom stereocenters. The van der Waals surface area contributed by atoms with Gasteiger partial charge in [-0.1, -0.05) is 13.8 Å². The van der Waals surface area contributed by atoms with Gasteiger partial charge in [-0.15, -0.1) is 24.0 Å². The van der Waals surface area contributed by atoms with Crippen molar-refractivity contribution in [3.63, 3.8) is 0 Å². The smallest absolute Gasteiger partial charge is 0.191 e. The van der Waals surface area contributed by atoms with Crippen LogP contribution in [0.1, 0.15) is 30.9 Å². The predicted molar refractivity (Wildman–Crippen MR) is 113 cm³/mol. The highest BCUT2D eigenvalue weighted by atomic mass is 127.